The van der Waals surface area contributed by atoms with Crippen molar-refractivity contribution < 1.29 is 39.9 Å². The summed E-state index contributed by atoms with van der Waals surface area (Å²) in [5.74, 6) is -2.52. The Kier molecular flexibility index (Phi) is 5.14. The van der Waals surface area contributed by atoms with Crippen LogP contribution in [0.4, 0.5) is 0 Å². The molecule has 8 heteroatoms. The Hall–Kier alpha value is -1.06. The molecule has 0 bridgehead atoms. The maximum Gasteiger partial charge on any atom is 0.309 e. The molecule has 5 N–H and O–H groups in total. The third-order valence-electron chi connectivity index (χ3n) is 9.33. The highest BCUT2D eigenvalue weighted by atomic mass is 16.5. The molecule has 0 aliphatic heterocycles. The summed E-state index contributed by atoms with van der Waals surface area (Å²) in [4.78, 5) is 24.8. The van der Waals surface area contributed by atoms with Crippen molar-refractivity contribution in [3.8, 4) is 0 Å². The fourth-order valence-corrected chi connectivity index (χ4v) is 7.94. The van der Waals surface area contributed by atoms with E-state index in [0.717, 1.165) is 0 Å². The highest BCUT2D eigenvalue weighted by molar-refractivity contribution is 5.81. The van der Waals surface area contributed by atoms with Crippen LogP contribution in [0.5, 0.6) is 0 Å². The molecule has 4 aliphatic carbocycles. The highest BCUT2D eigenvalue weighted by Crippen LogP contribution is 2.69. The van der Waals surface area contributed by atoms with Crippen molar-refractivity contribution in [1.29, 1.82) is 0 Å². The van der Waals surface area contributed by atoms with E-state index in [1.54, 1.807) is 6.92 Å². The number of carbonyl (C=O) groups is 2. The van der Waals surface area contributed by atoms with Crippen molar-refractivity contribution >= 4 is 11.8 Å². The average Bonchev–Trinajstić information content (AvgIpc) is 2.92. The Bertz CT molecular complexity index is 741. The fraction of sp³-hybridized carbons (Fsp3) is 0.909. The molecule has 9 unspecified atom stereocenters. The third-order valence-corrected chi connectivity index (χ3v) is 9.33. The number of carbonyl (C=O) groups excluding carboxylic acids is 2. The lowest BCUT2D eigenvalue weighted by atomic mass is 9.40. The van der Waals surface area contributed by atoms with Crippen LogP contribution in [0.2, 0.25) is 0 Å². The van der Waals surface area contributed by atoms with Gasteiger partial charge in [-0.15, -0.1) is 0 Å². The maximum absolute atomic E-state index is 12.6. The zero-order valence-corrected chi connectivity index (χ0v) is 17.7. The molecule has 0 amide bonds. The predicted molar refractivity (Wildman–Crippen MR) is 104 cm³/mol. The number of hydrogen-bond acceptors (Lipinski definition) is 8. The topological polar surface area (TPSA) is 145 Å². The van der Waals surface area contributed by atoms with Gasteiger partial charge in [-0.1, -0.05) is 6.92 Å². The van der Waals surface area contributed by atoms with Crippen LogP contribution >= 0.6 is 0 Å². The SMILES string of the molecule is CCOC(=O)C1CCC2(O)C3CCC4(O)CC(=O)CC(O)C4(CO)C3C(O)CC12C. The Morgan fingerprint density at radius 2 is 1.90 bits per heavy atom. The molecule has 9 atom stereocenters. The predicted octanol–water partition coefficient (Wildman–Crippen LogP) is -0.0787. The summed E-state index contributed by atoms with van der Waals surface area (Å²) in [7, 11) is 0. The molecular weight excluding hydrogens is 392 g/mol. The second kappa shape index (κ2) is 6.97. The summed E-state index contributed by atoms with van der Waals surface area (Å²) in [6.07, 6.45) is -1.42. The first-order valence-corrected chi connectivity index (χ1v) is 11.1. The summed E-state index contributed by atoms with van der Waals surface area (Å²) in [6, 6.07) is 0. The quantitative estimate of drug-likeness (QED) is 0.394. The first-order valence-electron chi connectivity index (χ1n) is 11.1. The van der Waals surface area contributed by atoms with E-state index in [9.17, 15) is 35.1 Å². The van der Waals surface area contributed by atoms with Gasteiger partial charge in [0, 0.05) is 24.2 Å². The van der Waals surface area contributed by atoms with Crippen LogP contribution in [-0.2, 0) is 14.3 Å². The van der Waals surface area contributed by atoms with E-state index < -0.39 is 58.6 Å². The normalized spacial score (nSPS) is 52.9. The second-order valence-corrected chi connectivity index (χ2v) is 10.3. The van der Waals surface area contributed by atoms with Gasteiger partial charge in [-0.25, -0.2) is 0 Å². The van der Waals surface area contributed by atoms with E-state index >= 15 is 0 Å². The molecule has 0 aromatic carbocycles. The maximum atomic E-state index is 12.6. The highest BCUT2D eigenvalue weighted by Gasteiger charge is 2.75. The molecule has 30 heavy (non-hydrogen) atoms. The molecule has 0 radical (unpaired) electrons. The number of ketones is 1. The van der Waals surface area contributed by atoms with Crippen LogP contribution in [0.1, 0.15) is 58.8 Å². The van der Waals surface area contributed by atoms with Gasteiger partial charge in [0.1, 0.15) is 5.78 Å². The molecule has 0 aromatic heterocycles. The van der Waals surface area contributed by atoms with Crippen LogP contribution in [-0.4, -0.2) is 73.9 Å². The number of aliphatic hydroxyl groups is 5. The number of Topliss-reactive ketones (excluding diaryl/α,β-unsaturated/α-hetero) is 1. The molecule has 0 aromatic rings. The lowest BCUT2D eigenvalue weighted by Crippen LogP contribution is -2.75. The average molecular weight is 427 g/mol. The number of hydrogen-bond donors (Lipinski definition) is 5. The molecule has 4 aliphatic rings. The largest absolute Gasteiger partial charge is 0.466 e. The molecule has 8 nitrogen and oxygen atoms in total. The zero-order chi connectivity index (χ0) is 22.1. The molecule has 4 fully saturated rings. The van der Waals surface area contributed by atoms with Crippen LogP contribution in [0.3, 0.4) is 0 Å². The summed E-state index contributed by atoms with van der Waals surface area (Å²) in [5, 5.41) is 56.1. The molecule has 0 heterocycles. The smallest absolute Gasteiger partial charge is 0.309 e. The van der Waals surface area contributed by atoms with Gasteiger partial charge in [0.25, 0.3) is 0 Å². The molecule has 0 spiro atoms. The van der Waals surface area contributed by atoms with E-state index in [2.05, 4.69) is 0 Å². The molecular formula is C22H34O8. The number of ether oxygens (including phenoxy) is 1. The summed E-state index contributed by atoms with van der Waals surface area (Å²) in [5.41, 5.74) is -5.36. The number of esters is 1. The first kappa shape index (κ1) is 22.1. The zero-order valence-electron chi connectivity index (χ0n) is 17.7. The molecule has 0 saturated heterocycles. The van der Waals surface area contributed by atoms with Gasteiger partial charge in [-0.2, -0.15) is 0 Å². The van der Waals surface area contributed by atoms with Crippen LogP contribution in [0.15, 0.2) is 0 Å². The lowest BCUT2D eigenvalue weighted by Gasteiger charge is -2.67. The van der Waals surface area contributed by atoms with Crippen LogP contribution in [0, 0.1) is 28.6 Å². The van der Waals surface area contributed by atoms with E-state index in [1.807, 2.05) is 6.92 Å². The Morgan fingerprint density at radius 1 is 1.20 bits per heavy atom. The van der Waals surface area contributed by atoms with Gasteiger partial charge in [0.05, 0.1) is 48.0 Å². The Labute approximate surface area is 176 Å². The van der Waals surface area contributed by atoms with Crippen molar-refractivity contribution in [3.05, 3.63) is 0 Å². The van der Waals surface area contributed by atoms with Gasteiger partial charge in [-0.05, 0) is 44.9 Å². The fourth-order valence-electron chi connectivity index (χ4n) is 7.94. The van der Waals surface area contributed by atoms with Crippen molar-refractivity contribution in [2.75, 3.05) is 13.2 Å². The van der Waals surface area contributed by atoms with Crippen molar-refractivity contribution in [2.24, 2.45) is 28.6 Å². The molecule has 4 saturated carbocycles. The molecule has 4 rings (SSSR count). The van der Waals surface area contributed by atoms with Gasteiger partial charge in [0.15, 0.2) is 0 Å². The monoisotopic (exact) mass is 426 g/mol. The second-order valence-electron chi connectivity index (χ2n) is 10.3. The third kappa shape index (κ3) is 2.51. The summed E-state index contributed by atoms with van der Waals surface area (Å²) < 4.78 is 5.24. The Balaban J connectivity index is 1.79. The lowest BCUT2D eigenvalue weighted by molar-refractivity contribution is -0.304. The first-order chi connectivity index (χ1) is 14.0. The van der Waals surface area contributed by atoms with Crippen LogP contribution < -0.4 is 0 Å². The van der Waals surface area contributed by atoms with E-state index in [-0.39, 0.29) is 44.0 Å². The minimum atomic E-state index is -1.64. The molecule has 170 valence electrons. The van der Waals surface area contributed by atoms with E-state index in [0.29, 0.717) is 19.3 Å². The summed E-state index contributed by atoms with van der Waals surface area (Å²) >= 11 is 0. The standard InChI is InChI=1S/C22H34O8/c1-3-30-18(27)14-5-7-22(29)13-4-6-20(28)9-12(24)8-16(26)21(20,11-23)17(13)15(25)10-19(14,22)2/h13-17,23,25-26,28-29H,3-11H2,1-2H3. The van der Waals surface area contributed by atoms with E-state index in [4.69, 9.17) is 4.74 Å². The van der Waals surface area contributed by atoms with Crippen molar-refractivity contribution in [1.82, 2.24) is 0 Å². The number of aliphatic hydroxyl groups excluding tert-OH is 3. The Morgan fingerprint density at radius 3 is 2.53 bits per heavy atom. The van der Waals surface area contributed by atoms with Crippen LogP contribution in [0.25, 0.3) is 0 Å². The van der Waals surface area contributed by atoms with Gasteiger partial charge in [0.2, 0.25) is 0 Å². The minimum absolute atomic E-state index is 0.0899. The van der Waals surface area contributed by atoms with Gasteiger partial charge >= 0.3 is 5.97 Å². The number of rotatable bonds is 3. The summed E-state index contributed by atoms with van der Waals surface area (Å²) in [6.45, 7) is 3.18. The van der Waals surface area contributed by atoms with Gasteiger partial charge < -0.3 is 30.3 Å². The van der Waals surface area contributed by atoms with E-state index in [1.165, 1.54) is 0 Å². The number of fused-ring (bicyclic) bond motifs is 5. The van der Waals surface area contributed by atoms with Crippen molar-refractivity contribution in [2.45, 2.75) is 82.2 Å². The minimum Gasteiger partial charge on any atom is -0.466 e. The van der Waals surface area contributed by atoms with Gasteiger partial charge in [-0.3, -0.25) is 9.59 Å². The van der Waals surface area contributed by atoms with Crippen molar-refractivity contribution in [3.63, 3.8) is 0 Å².